The molecule has 0 aromatic heterocycles. The molecule has 1 aromatic carbocycles. The van der Waals surface area contributed by atoms with Crippen LogP contribution in [0.3, 0.4) is 0 Å². The molecule has 0 unspecified atom stereocenters. The Labute approximate surface area is 178 Å². The zero-order chi connectivity index (χ0) is 17.1. The molecular weight excluding hydrogens is 474 g/mol. The number of benzene rings is 1. The van der Waals surface area contributed by atoms with Gasteiger partial charge in [0.1, 0.15) is 6.61 Å². The summed E-state index contributed by atoms with van der Waals surface area (Å²) in [7, 11) is 0. The summed E-state index contributed by atoms with van der Waals surface area (Å²) in [5.74, 6) is 1.61. The third kappa shape index (κ3) is 9.89. The van der Waals surface area contributed by atoms with Crippen molar-refractivity contribution in [3.05, 3.63) is 33.9 Å². The Bertz CT molecular complexity index is 486. The van der Waals surface area contributed by atoms with Crippen LogP contribution in [0.1, 0.15) is 26.3 Å². The number of halogens is 3. The molecule has 0 aliphatic heterocycles. The maximum atomic E-state index is 5.73. The van der Waals surface area contributed by atoms with Crippen molar-refractivity contribution in [3.63, 3.8) is 0 Å². The van der Waals surface area contributed by atoms with Crippen molar-refractivity contribution < 1.29 is 9.47 Å². The highest BCUT2D eigenvalue weighted by atomic mass is 127. The van der Waals surface area contributed by atoms with Crippen molar-refractivity contribution in [3.8, 4) is 11.5 Å². The summed E-state index contributed by atoms with van der Waals surface area (Å²) in [5.41, 5.74) is 1.21. The SMILES string of the molecule is C=CCOc1c(I)cc(CNCCN(CC)CC)cc1OCC.Cl.Cl. The van der Waals surface area contributed by atoms with Gasteiger partial charge in [-0.25, -0.2) is 0 Å². The molecule has 1 N–H and O–H groups in total. The molecule has 146 valence electrons. The Morgan fingerprint density at radius 3 is 2.40 bits per heavy atom. The summed E-state index contributed by atoms with van der Waals surface area (Å²) >= 11 is 2.30. The smallest absolute Gasteiger partial charge is 0.174 e. The van der Waals surface area contributed by atoms with E-state index in [0.717, 1.165) is 47.8 Å². The molecule has 7 heteroatoms. The minimum atomic E-state index is 0. The van der Waals surface area contributed by atoms with Crippen LogP contribution in [0.5, 0.6) is 11.5 Å². The van der Waals surface area contributed by atoms with E-state index in [-0.39, 0.29) is 24.8 Å². The highest BCUT2D eigenvalue weighted by molar-refractivity contribution is 14.1. The van der Waals surface area contributed by atoms with Gasteiger partial charge in [0.25, 0.3) is 0 Å². The van der Waals surface area contributed by atoms with Gasteiger partial charge in [-0.15, -0.1) is 24.8 Å². The molecule has 0 saturated carbocycles. The monoisotopic (exact) mass is 504 g/mol. The maximum Gasteiger partial charge on any atom is 0.174 e. The first-order chi connectivity index (χ1) is 11.2. The van der Waals surface area contributed by atoms with Crippen molar-refractivity contribution in [1.29, 1.82) is 0 Å². The fourth-order valence-electron chi connectivity index (χ4n) is 2.28. The third-order valence-electron chi connectivity index (χ3n) is 3.54. The van der Waals surface area contributed by atoms with Crippen LogP contribution >= 0.6 is 47.4 Å². The Kier molecular flexibility index (Phi) is 17.3. The molecule has 0 radical (unpaired) electrons. The molecule has 1 rings (SSSR count). The molecule has 4 nitrogen and oxygen atoms in total. The van der Waals surface area contributed by atoms with Gasteiger partial charge < -0.3 is 19.7 Å². The Hall–Kier alpha value is -0.210. The lowest BCUT2D eigenvalue weighted by molar-refractivity contribution is 0.294. The van der Waals surface area contributed by atoms with Gasteiger partial charge in [-0.1, -0.05) is 26.5 Å². The van der Waals surface area contributed by atoms with E-state index in [0.29, 0.717) is 13.2 Å². The molecule has 25 heavy (non-hydrogen) atoms. The van der Waals surface area contributed by atoms with E-state index in [1.54, 1.807) is 6.08 Å². The largest absolute Gasteiger partial charge is 0.490 e. The lowest BCUT2D eigenvalue weighted by atomic mass is 10.2. The minimum Gasteiger partial charge on any atom is -0.490 e. The quantitative estimate of drug-likeness (QED) is 0.257. The maximum absolute atomic E-state index is 5.73. The summed E-state index contributed by atoms with van der Waals surface area (Å²) < 4.78 is 12.5. The van der Waals surface area contributed by atoms with E-state index in [9.17, 15) is 0 Å². The van der Waals surface area contributed by atoms with Gasteiger partial charge in [0.2, 0.25) is 0 Å². The average molecular weight is 505 g/mol. The van der Waals surface area contributed by atoms with E-state index < -0.39 is 0 Å². The molecule has 0 aliphatic rings. The number of hydrogen-bond donors (Lipinski definition) is 1. The fraction of sp³-hybridized carbons (Fsp3) is 0.556. The van der Waals surface area contributed by atoms with E-state index in [2.05, 4.69) is 65.4 Å². The lowest BCUT2D eigenvalue weighted by Gasteiger charge is -2.18. The predicted molar refractivity (Wildman–Crippen MR) is 120 cm³/mol. The van der Waals surface area contributed by atoms with Gasteiger partial charge >= 0.3 is 0 Å². The second-order valence-electron chi connectivity index (χ2n) is 5.14. The van der Waals surface area contributed by atoms with Gasteiger partial charge in [-0.05, 0) is 60.3 Å². The molecule has 0 aliphatic carbocycles. The molecule has 0 spiro atoms. The lowest BCUT2D eigenvalue weighted by Crippen LogP contribution is -2.31. The summed E-state index contributed by atoms with van der Waals surface area (Å²) in [5, 5.41) is 3.50. The van der Waals surface area contributed by atoms with Gasteiger partial charge in [0, 0.05) is 19.6 Å². The Balaban J connectivity index is 0. The minimum absolute atomic E-state index is 0. The van der Waals surface area contributed by atoms with Crippen LogP contribution in [-0.4, -0.2) is 44.3 Å². The Morgan fingerprint density at radius 1 is 1.16 bits per heavy atom. The van der Waals surface area contributed by atoms with Gasteiger partial charge in [-0.2, -0.15) is 0 Å². The zero-order valence-corrected chi connectivity index (χ0v) is 19.1. The number of likely N-dealkylation sites (N-methyl/N-ethyl adjacent to an activating group) is 1. The first-order valence-electron chi connectivity index (χ1n) is 8.28. The fourth-order valence-corrected chi connectivity index (χ4v) is 3.10. The number of nitrogens with zero attached hydrogens (tertiary/aromatic N) is 1. The van der Waals surface area contributed by atoms with Crippen molar-refractivity contribution in [2.75, 3.05) is 39.4 Å². The molecule has 0 fully saturated rings. The Morgan fingerprint density at radius 2 is 1.84 bits per heavy atom. The first kappa shape index (κ1) is 27.0. The summed E-state index contributed by atoms with van der Waals surface area (Å²) in [6, 6.07) is 4.21. The predicted octanol–water partition coefficient (Wildman–Crippen LogP) is 4.53. The molecular formula is C18H31Cl2IN2O2. The van der Waals surface area contributed by atoms with Gasteiger partial charge in [-0.3, -0.25) is 0 Å². The second-order valence-corrected chi connectivity index (χ2v) is 6.30. The van der Waals surface area contributed by atoms with Gasteiger partial charge in [0.15, 0.2) is 11.5 Å². The number of nitrogens with one attached hydrogen (secondary N) is 1. The van der Waals surface area contributed by atoms with Crippen molar-refractivity contribution in [2.45, 2.75) is 27.3 Å². The van der Waals surface area contributed by atoms with Crippen LogP contribution in [-0.2, 0) is 6.54 Å². The van der Waals surface area contributed by atoms with Crippen LogP contribution in [0.15, 0.2) is 24.8 Å². The topological polar surface area (TPSA) is 33.7 Å². The van der Waals surface area contributed by atoms with Crippen LogP contribution < -0.4 is 14.8 Å². The van der Waals surface area contributed by atoms with Crippen molar-refractivity contribution >= 4 is 47.4 Å². The first-order valence-corrected chi connectivity index (χ1v) is 9.36. The normalized spacial score (nSPS) is 9.96. The van der Waals surface area contributed by atoms with E-state index in [1.807, 2.05) is 6.92 Å². The highest BCUT2D eigenvalue weighted by Gasteiger charge is 2.12. The van der Waals surface area contributed by atoms with E-state index >= 15 is 0 Å². The second kappa shape index (κ2) is 16.0. The van der Waals surface area contributed by atoms with E-state index in [4.69, 9.17) is 9.47 Å². The van der Waals surface area contributed by atoms with Crippen LogP contribution in [0.4, 0.5) is 0 Å². The molecule has 1 aromatic rings. The number of ether oxygens (including phenoxy) is 2. The van der Waals surface area contributed by atoms with Crippen molar-refractivity contribution in [1.82, 2.24) is 10.2 Å². The van der Waals surface area contributed by atoms with Gasteiger partial charge in [0.05, 0.1) is 10.2 Å². The van der Waals surface area contributed by atoms with Crippen LogP contribution in [0.2, 0.25) is 0 Å². The van der Waals surface area contributed by atoms with Crippen molar-refractivity contribution in [2.24, 2.45) is 0 Å². The molecule has 0 saturated heterocycles. The highest BCUT2D eigenvalue weighted by Crippen LogP contribution is 2.34. The average Bonchev–Trinajstić information content (AvgIpc) is 2.54. The summed E-state index contributed by atoms with van der Waals surface area (Å²) in [6.45, 7) is 16.3. The summed E-state index contributed by atoms with van der Waals surface area (Å²) in [6.07, 6.45) is 1.74. The standard InChI is InChI=1S/C18H29IN2O2.2ClH/c1-5-11-23-18-16(19)12-15(13-17(18)22-8-4)14-20-9-10-21(6-2)7-3;;/h5,12-13,20H,1,6-11,14H2,2-4H3;2*1H. The van der Waals surface area contributed by atoms with Crippen LogP contribution in [0, 0.1) is 3.57 Å². The molecule has 0 atom stereocenters. The molecule has 0 bridgehead atoms. The summed E-state index contributed by atoms with van der Waals surface area (Å²) in [4.78, 5) is 2.41. The van der Waals surface area contributed by atoms with E-state index in [1.165, 1.54) is 5.56 Å². The third-order valence-corrected chi connectivity index (χ3v) is 4.34. The molecule has 0 amide bonds. The number of rotatable bonds is 12. The zero-order valence-electron chi connectivity index (χ0n) is 15.3. The molecule has 0 heterocycles. The van der Waals surface area contributed by atoms with Crippen LogP contribution in [0.25, 0.3) is 0 Å². The number of hydrogen-bond acceptors (Lipinski definition) is 4.